The van der Waals surface area contributed by atoms with Crippen molar-refractivity contribution in [1.82, 2.24) is 4.90 Å². The van der Waals surface area contributed by atoms with Crippen LogP contribution in [-0.2, 0) is 0 Å². The predicted octanol–water partition coefficient (Wildman–Crippen LogP) is 3.15. The molecular formula is C12H25N. The fraction of sp³-hybridized carbons (Fsp3) is 1.00. The molecule has 0 aromatic carbocycles. The summed E-state index contributed by atoms with van der Waals surface area (Å²) in [4.78, 5) is 2.69. The minimum absolute atomic E-state index is 0.722. The molecule has 13 heavy (non-hydrogen) atoms. The third-order valence-corrected chi connectivity index (χ3v) is 3.06. The van der Waals surface area contributed by atoms with Gasteiger partial charge in [0.1, 0.15) is 0 Å². The Labute approximate surface area is 83.5 Å². The van der Waals surface area contributed by atoms with E-state index in [2.05, 4.69) is 39.5 Å². The third-order valence-electron chi connectivity index (χ3n) is 3.06. The molecule has 1 saturated carbocycles. The summed E-state index contributed by atoms with van der Waals surface area (Å²) in [5.41, 5.74) is 0. The van der Waals surface area contributed by atoms with Gasteiger partial charge < -0.3 is 0 Å². The first-order valence-electron chi connectivity index (χ1n) is 5.76. The van der Waals surface area contributed by atoms with E-state index in [9.17, 15) is 0 Å². The van der Waals surface area contributed by atoms with E-state index in [1.165, 1.54) is 19.4 Å². The van der Waals surface area contributed by atoms with E-state index >= 15 is 0 Å². The van der Waals surface area contributed by atoms with Crippen molar-refractivity contribution in [3.05, 3.63) is 0 Å². The van der Waals surface area contributed by atoms with Crippen molar-refractivity contribution < 1.29 is 0 Å². The van der Waals surface area contributed by atoms with Gasteiger partial charge in [-0.1, -0.05) is 20.8 Å². The second-order valence-corrected chi connectivity index (χ2v) is 5.41. The van der Waals surface area contributed by atoms with Gasteiger partial charge in [-0.25, -0.2) is 0 Å². The Balaban J connectivity index is 2.39. The van der Waals surface area contributed by atoms with Crippen LogP contribution in [0.2, 0.25) is 0 Å². The molecule has 0 aromatic heterocycles. The Morgan fingerprint density at radius 3 is 2.00 bits per heavy atom. The largest absolute Gasteiger partial charge is 0.298 e. The van der Waals surface area contributed by atoms with Crippen molar-refractivity contribution in [2.75, 3.05) is 6.54 Å². The lowest BCUT2D eigenvalue weighted by molar-refractivity contribution is 0.0499. The highest BCUT2D eigenvalue weighted by atomic mass is 15.2. The minimum Gasteiger partial charge on any atom is -0.298 e. The molecule has 0 spiro atoms. The van der Waals surface area contributed by atoms with E-state index in [4.69, 9.17) is 0 Å². The molecule has 1 nitrogen and oxygen atoms in total. The summed E-state index contributed by atoms with van der Waals surface area (Å²) in [7, 11) is 0. The molecule has 1 heteroatoms. The van der Waals surface area contributed by atoms with Gasteiger partial charge in [-0.15, -0.1) is 0 Å². The maximum Gasteiger partial charge on any atom is 0.0103 e. The van der Waals surface area contributed by atoms with Crippen LogP contribution in [0.5, 0.6) is 0 Å². The Kier molecular flexibility index (Phi) is 3.78. The highest BCUT2D eigenvalue weighted by Crippen LogP contribution is 2.32. The molecule has 1 rings (SSSR count). The highest BCUT2D eigenvalue weighted by Gasteiger charge is 2.31. The zero-order valence-electron chi connectivity index (χ0n) is 9.88. The maximum absolute atomic E-state index is 2.69. The van der Waals surface area contributed by atoms with Gasteiger partial charge in [-0.2, -0.15) is 0 Å². The maximum atomic E-state index is 2.69. The summed E-state index contributed by atoms with van der Waals surface area (Å²) in [6, 6.07) is 1.61. The van der Waals surface area contributed by atoms with Crippen molar-refractivity contribution in [3.8, 4) is 0 Å². The first-order valence-corrected chi connectivity index (χ1v) is 5.76. The summed E-state index contributed by atoms with van der Waals surface area (Å²) in [5, 5.41) is 0. The van der Waals surface area contributed by atoms with E-state index in [1.807, 2.05) is 0 Å². The molecular weight excluding hydrogens is 158 g/mol. The van der Waals surface area contributed by atoms with Crippen LogP contribution in [0.25, 0.3) is 0 Å². The molecule has 0 aliphatic heterocycles. The first-order chi connectivity index (χ1) is 6.00. The Morgan fingerprint density at radius 1 is 1.15 bits per heavy atom. The fourth-order valence-corrected chi connectivity index (χ4v) is 2.33. The average Bonchev–Trinajstić information content (AvgIpc) is 1.94. The van der Waals surface area contributed by atoms with Gasteiger partial charge in [0, 0.05) is 18.6 Å². The smallest absolute Gasteiger partial charge is 0.0103 e. The van der Waals surface area contributed by atoms with Crippen LogP contribution in [0, 0.1) is 11.8 Å². The topological polar surface area (TPSA) is 3.24 Å². The van der Waals surface area contributed by atoms with Gasteiger partial charge in [-0.05, 0) is 38.5 Å². The third kappa shape index (κ3) is 2.98. The molecule has 78 valence electrons. The van der Waals surface area contributed by atoms with Crippen LogP contribution < -0.4 is 0 Å². The van der Waals surface area contributed by atoms with Crippen LogP contribution >= 0.6 is 0 Å². The van der Waals surface area contributed by atoms with Gasteiger partial charge in [0.15, 0.2) is 0 Å². The Hall–Kier alpha value is -0.0400. The van der Waals surface area contributed by atoms with E-state index < -0.39 is 0 Å². The summed E-state index contributed by atoms with van der Waals surface area (Å²) >= 11 is 0. The van der Waals surface area contributed by atoms with Crippen LogP contribution in [0.4, 0.5) is 0 Å². The van der Waals surface area contributed by atoms with Crippen molar-refractivity contribution in [3.63, 3.8) is 0 Å². The summed E-state index contributed by atoms with van der Waals surface area (Å²) < 4.78 is 0. The molecule has 0 heterocycles. The predicted molar refractivity (Wildman–Crippen MR) is 58.9 cm³/mol. The molecule has 1 aliphatic rings. The zero-order valence-corrected chi connectivity index (χ0v) is 9.88. The fourth-order valence-electron chi connectivity index (χ4n) is 2.33. The standard InChI is InChI=1S/C12H25N/c1-9(2)8-13(10(3)4)12-6-11(5)7-12/h9-12H,6-8H2,1-5H3. The van der Waals surface area contributed by atoms with Gasteiger partial charge in [0.05, 0.1) is 0 Å². The van der Waals surface area contributed by atoms with Crippen molar-refractivity contribution in [2.45, 2.75) is 59.5 Å². The summed E-state index contributed by atoms with van der Waals surface area (Å²) in [5.74, 6) is 1.77. The zero-order chi connectivity index (χ0) is 10.0. The lowest BCUT2D eigenvalue weighted by atomic mass is 9.80. The van der Waals surface area contributed by atoms with E-state index in [-0.39, 0.29) is 0 Å². The minimum atomic E-state index is 0.722. The summed E-state index contributed by atoms with van der Waals surface area (Å²) in [6.07, 6.45) is 2.84. The average molecular weight is 183 g/mol. The number of hydrogen-bond donors (Lipinski definition) is 0. The Bertz CT molecular complexity index is 145. The van der Waals surface area contributed by atoms with E-state index in [0.29, 0.717) is 0 Å². The molecule has 1 aliphatic carbocycles. The molecule has 0 bridgehead atoms. The van der Waals surface area contributed by atoms with Crippen LogP contribution in [-0.4, -0.2) is 23.5 Å². The van der Waals surface area contributed by atoms with Crippen LogP contribution in [0.3, 0.4) is 0 Å². The second-order valence-electron chi connectivity index (χ2n) is 5.41. The molecule has 0 unspecified atom stereocenters. The second kappa shape index (κ2) is 4.45. The number of rotatable bonds is 4. The molecule has 0 saturated heterocycles. The monoisotopic (exact) mass is 183 g/mol. The normalized spacial score (nSPS) is 28.6. The lowest BCUT2D eigenvalue weighted by Crippen LogP contribution is -2.48. The Morgan fingerprint density at radius 2 is 1.69 bits per heavy atom. The van der Waals surface area contributed by atoms with Crippen molar-refractivity contribution in [1.29, 1.82) is 0 Å². The SMILES string of the molecule is CC(C)CN(C(C)C)C1CC(C)C1. The van der Waals surface area contributed by atoms with Crippen molar-refractivity contribution >= 4 is 0 Å². The van der Waals surface area contributed by atoms with Crippen LogP contribution in [0.15, 0.2) is 0 Å². The van der Waals surface area contributed by atoms with Gasteiger partial charge in [0.25, 0.3) is 0 Å². The van der Waals surface area contributed by atoms with Gasteiger partial charge >= 0.3 is 0 Å². The lowest BCUT2D eigenvalue weighted by Gasteiger charge is -2.44. The molecule has 0 N–H and O–H groups in total. The van der Waals surface area contributed by atoms with Gasteiger partial charge in [-0.3, -0.25) is 4.90 Å². The number of hydrogen-bond acceptors (Lipinski definition) is 1. The molecule has 0 atom stereocenters. The summed E-state index contributed by atoms with van der Waals surface area (Å²) in [6.45, 7) is 12.9. The van der Waals surface area contributed by atoms with E-state index in [0.717, 1.165) is 23.9 Å². The van der Waals surface area contributed by atoms with Crippen molar-refractivity contribution in [2.24, 2.45) is 11.8 Å². The molecule has 0 amide bonds. The molecule has 0 aromatic rings. The van der Waals surface area contributed by atoms with Gasteiger partial charge in [0.2, 0.25) is 0 Å². The highest BCUT2D eigenvalue weighted by molar-refractivity contribution is 4.86. The van der Waals surface area contributed by atoms with Crippen LogP contribution in [0.1, 0.15) is 47.5 Å². The first kappa shape index (κ1) is 11.0. The molecule has 0 radical (unpaired) electrons. The quantitative estimate of drug-likeness (QED) is 0.647. The van der Waals surface area contributed by atoms with E-state index in [1.54, 1.807) is 0 Å². The number of nitrogens with zero attached hydrogens (tertiary/aromatic N) is 1. The molecule has 1 fully saturated rings.